The van der Waals surface area contributed by atoms with Crippen LogP contribution >= 0.6 is 0 Å². The van der Waals surface area contributed by atoms with Crippen molar-refractivity contribution in [1.29, 1.82) is 0 Å². The summed E-state index contributed by atoms with van der Waals surface area (Å²) in [6.45, 7) is 18.5. The van der Waals surface area contributed by atoms with Crippen molar-refractivity contribution >= 4 is 5.97 Å². The summed E-state index contributed by atoms with van der Waals surface area (Å²) < 4.78 is 56.3. The fraction of sp³-hybridized carbons (Fsp3) is 0.725. The quantitative estimate of drug-likeness (QED) is 0.0363. The van der Waals surface area contributed by atoms with Gasteiger partial charge in [0.2, 0.25) is 0 Å². The fourth-order valence-corrected chi connectivity index (χ4v) is 5.77. The number of hydrogen-bond acceptors (Lipinski definition) is 11. The van der Waals surface area contributed by atoms with Gasteiger partial charge in [-0.05, 0) is 70.1 Å². The van der Waals surface area contributed by atoms with Crippen LogP contribution in [-0.4, -0.2) is 119 Å². The van der Waals surface area contributed by atoms with E-state index in [-0.39, 0.29) is 31.2 Å². The molecule has 0 spiro atoms. The molecule has 0 saturated carbocycles. The summed E-state index contributed by atoms with van der Waals surface area (Å²) in [6, 6.07) is 4.12. The molecule has 0 amide bonds. The lowest BCUT2D eigenvalue weighted by Crippen LogP contribution is -2.25. The van der Waals surface area contributed by atoms with Crippen LogP contribution < -0.4 is 9.47 Å². The predicted octanol–water partition coefficient (Wildman–Crippen LogP) is 6.50. The third-order valence-electron chi connectivity index (χ3n) is 8.42. The summed E-state index contributed by atoms with van der Waals surface area (Å²) in [6.07, 6.45) is 8.06. The summed E-state index contributed by atoms with van der Waals surface area (Å²) in [4.78, 5) is 13.2. The van der Waals surface area contributed by atoms with Crippen LogP contribution in [0.1, 0.15) is 76.8 Å². The number of carbonyl (C=O) groups excluding carboxylic acids is 1. The van der Waals surface area contributed by atoms with E-state index in [0.717, 1.165) is 55.2 Å². The van der Waals surface area contributed by atoms with E-state index in [9.17, 15) is 4.79 Å². The normalized spacial score (nSPS) is 16.5. The Morgan fingerprint density at radius 2 is 1.35 bits per heavy atom. The van der Waals surface area contributed by atoms with E-state index >= 15 is 0 Å². The lowest BCUT2D eigenvalue weighted by molar-refractivity contribution is -0.140. The summed E-state index contributed by atoms with van der Waals surface area (Å²) >= 11 is 0. The molecular formula is C40H66O11. The van der Waals surface area contributed by atoms with Gasteiger partial charge in [-0.2, -0.15) is 0 Å². The van der Waals surface area contributed by atoms with E-state index in [1.807, 2.05) is 13.0 Å². The minimum absolute atomic E-state index is 0.0632. The van der Waals surface area contributed by atoms with E-state index in [2.05, 4.69) is 39.5 Å². The van der Waals surface area contributed by atoms with Crippen molar-refractivity contribution in [2.45, 2.75) is 78.2 Å². The maximum Gasteiger partial charge on any atom is 0.337 e. The highest BCUT2D eigenvalue weighted by Gasteiger charge is 2.32. The monoisotopic (exact) mass is 722 g/mol. The number of esters is 1. The minimum atomic E-state index is -0.473. The van der Waals surface area contributed by atoms with Gasteiger partial charge in [-0.25, -0.2) is 4.79 Å². The first-order valence-corrected chi connectivity index (χ1v) is 18.6. The van der Waals surface area contributed by atoms with Crippen LogP contribution in [0.4, 0.5) is 0 Å². The number of hydrogen-bond donors (Lipinski definition) is 0. The Hall–Kier alpha value is -2.35. The molecule has 11 nitrogen and oxygen atoms in total. The number of ether oxygens (including phenoxy) is 10. The van der Waals surface area contributed by atoms with Crippen LogP contribution in [0.2, 0.25) is 0 Å². The van der Waals surface area contributed by atoms with Crippen molar-refractivity contribution in [3.8, 4) is 11.5 Å². The van der Waals surface area contributed by atoms with Crippen molar-refractivity contribution < 1.29 is 52.2 Å². The van der Waals surface area contributed by atoms with Gasteiger partial charge in [-0.3, -0.25) is 0 Å². The zero-order valence-electron chi connectivity index (χ0n) is 32.3. The van der Waals surface area contributed by atoms with Crippen LogP contribution in [0.3, 0.4) is 0 Å². The Bertz CT molecular complexity index is 1120. The largest absolute Gasteiger partial charge is 0.488 e. The number of rotatable bonds is 31. The molecule has 0 heterocycles. The Balaban J connectivity index is 2.16. The third kappa shape index (κ3) is 19.3. The van der Waals surface area contributed by atoms with E-state index in [0.29, 0.717) is 90.8 Å². The third-order valence-corrected chi connectivity index (χ3v) is 8.42. The molecule has 292 valence electrons. The van der Waals surface area contributed by atoms with Gasteiger partial charge in [0.15, 0.2) is 0 Å². The van der Waals surface area contributed by atoms with Crippen LogP contribution in [0.5, 0.6) is 11.5 Å². The zero-order chi connectivity index (χ0) is 37.1. The molecule has 0 aliphatic heterocycles. The highest BCUT2D eigenvalue weighted by atomic mass is 16.6. The lowest BCUT2D eigenvalue weighted by atomic mass is 9.73. The van der Waals surface area contributed by atoms with Gasteiger partial charge in [-0.1, -0.05) is 43.6 Å². The standard InChI is InChI=1S/C40H66O11/c1-8-9-10-11-34-27-37(50-33(5)29-48-24-22-46-20-18-44-16-14-42-6)40(36-26-32(4)12-13-35(36)31(2)3)38(28-34)51-39(41)30-49-25-23-47-21-19-45-17-15-43-7/h26-28,33,35-36H,2,8-25,29-30H2,1,3-7H3/t33?,35?,36-/m1/s1. The second-order valence-electron chi connectivity index (χ2n) is 13.0. The number of benzene rings is 1. The lowest BCUT2D eigenvalue weighted by Gasteiger charge is -2.33. The summed E-state index contributed by atoms with van der Waals surface area (Å²) in [7, 11) is 3.28. The number of carbonyl (C=O) groups is 1. The molecule has 1 aliphatic rings. The first-order chi connectivity index (χ1) is 24.8. The van der Waals surface area contributed by atoms with Gasteiger partial charge in [0.1, 0.15) is 24.2 Å². The molecule has 1 aromatic carbocycles. The maximum absolute atomic E-state index is 13.2. The van der Waals surface area contributed by atoms with E-state index < -0.39 is 5.97 Å². The smallest absolute Gasteiger partial charge is 0.337 e. The molecule has 2 unspecified atom stereocenters. The Labute approximate surface area is 307 Å². The van der Waals surface area contributed by atoms with Gasteiger partial charge in [0, 0.05) is 25.7 Å². The van der Waals surface area contributed by atoms with E-state index in [1.165, 1.54) is 5.57 Å². The van der Waals surface area contributed by atoms with Crippen LogP contribution in [0, 0.1) is 5.92 Å². The van der Waals surface area contributed by atoms with Gasteiger partial charge in [0.05, 0.1) is 85.9 Å². The second-order valence-corrected chi connectivity index (χ2v) is 13.0. The Morgan fingerprint density at radius 3 is 1.92 bits per heavy atom. The molecule has 0 aromatic heterocycles. The van der Waals surface area contributed by atoms with Gasteiger partial charge < -0.3 is 47.4 Å². The van der Waals surface area contributed by atoms with Crippen molar-refractivity contribution in [1.82, 2.24) is 0 Å². The van der Waals surface area contributed by atoms with Crippen molar-refractivity contribution in [3.63, 3.8) is 0 Å². The molecule has 51 heavy (non-hydrogen) atoms. The Kier molecular flexibility index (Phi) is 24.8. The summed E-state index contributed by atoms with van der Waals surface area (Å²) in [5.74, 6) is 0.852. The summed E-state index contributed by atoms with van der Waals surface area (Å²) in [5, 5.41) is 0. The highest BCUT2D eigenvalue weighted by Crippen LogP contribution is 2.47. The van der Waals surface area contributed by atoms with Crippen molar-refractivity contribution in [3.05, 3.63) is 47.1 Å². The Morgan fingerprint density at radius 1 is 0.804 bits per heavy atom. The van der Waals surface area contributed by atoms with Crippen LogP contribution in [0.15, 0.2) is 35.9 Å². The molecule has 0 saturated heterocycles. The van der Waals surface area contributed by atoms with Crippen LogP contribution in [0.25, 0.3) is 0 Å². The number of methoxy groups -OCH3 is 2. The van der Waals surface area contributed by atoms with Crippen LogP contribution in [-0.2, 0) is 49.1 Å². The van der Waals surface area contributed by atoms with Crippen molar-refractivity contribution in [2.24, 2.45) is 5.92 Å². The first kappa shape index (κ1) is 44.8. The zero-order valence-corrected chi connectivity index (χ0v) is 32.3. The molecule has 1 aromatic rings. The van der Waals surface area contributed by atoms with Gasteiger partial charge in [0.25, 0.3) is 0 Å². The SMILES string of the molecule is C=C(C)C1CCC(C)=C[C@H]1c1c(OC(=O)COCCOCCOCCOC)cc(CCCCC)cc1OC(C)COCCOCCOCCOC. The molecule has 0 N–H and O–H groups in total. The number of allylic oxidation sites excluding steroid dienone is 3. The highest BCUT2D eigenvalue weighted by molar-refractivity contribution is 5.75. The minimum Gasteiger partial charge on any atom is -0.488 e. The molecule has 0 radical (unpaired) electrons. The first-order valence-electron chi connectivity index (χ1n) is 18.6. The number of aryl methyl sites for hydroxylation is 1. The molecule has 3 atom stereocenters. The van der Waals surface area contributed by atoms with E-state index in [1.54, 1.807) is 14.2 Å². The average Bonchev–Trinajstić information content (AvgIpc) is 3.10. The molecular weight excluding hydrogens is 656 g/mol. The van der Waals surface area contributed by atoms with Crippen molar-refractivity contribution in [2.75, 3.05) is 107 Å². The van der Waals surface area contributed by atoms with Gasteiger partial charge >= 0.3 is 5.97 Å². The predicted molar refractivity (Wildman–Crippen MR) is 198 cm³/mol. The average molecular weight is 723 g/mol. The number of unbranched alkanes of at least 4 members (excludes halogenated alkanes) is 2. The van der Waals surface area contributed by atoms with E-state index in [4.69, 9.17) is 47.4 Å². The molecule has 1 aliphatic carbocycles. The molecule has 2 rings (SSSR count). The fourth-order valence-electron chi connectivity index (χ4n) is 5.77. The topological polar surface area (TPSA) is 109 Å². The second kappa shape index (κ2) is 28.2. The molecule has 0 bridgehead atoms. The van der Waals surface area contributed by atoms with Gasteiger partial charge in [-0.15, -0.1) is 0 Å². The molecule has 0 fully saturated rings. The molecule has 11 heteroatoms. The maximum atomic E-state index is 13.2. The summed E-state index contributed by atoms with van der Waals surface area (Å²) in [5.41, 5.74) is 4.30.